The zero-order valence-electron chi connectivity index (χ0n) is 8.21. The van der Waals surface area contributed by atoms with E-state index >= 15 is 0 Å². The average molecular weight is 245 g/mol. The van der Waals surface area contributed by atoms with Gasteiger partial charge in [-0.1, -0.05) is 11.6 Å². The van der Waals surface area contributed by atoms with Gasteiger partial charge in [-0.15, -0.1) is 0 Å². The molecule has 0 aliphatic heterocycles. The molecule has 4 nitrogen and oxygen atoms in total. The van der Waals surface area contributed by atoms with Crippen molar-refractivity contribution in [2.45, 2.75) is 0 Å². The van der Waals surface area contributed by atoms with Gasteiger partial charge in [-0.05, 0) is 0 Å². The van der Waals surface area contributed by atoms with E-state index in [1.807, 2.05) is 0 Å². The molecule has 0 aliphatic rings. The second-order valence-corrected chi connectivity index (χ2v) is 3.41. The summed E-state index contributed by atoms with van der Waals surface area (Å²) >= 11 is 5.64. The number of nitrogens with zero attached hydrogens (tertiary/aromatic N) is 3. The van der Waals surface area contributed by atoms with Crippen molar-refractivity contribution in [3.8, 4) is 5.82 Å². The predicted octanol–water partition coefficient (Wildman–Crippen LogP) is 2.24. The molecule has 2 rings (SSSR count). The van der Waals surface area contributed by atoms with E-state index in [1.54, 1.807) is 0 Å². The Morgan fingerprint density at radius 3 is 2.69 bits per heavy atom. The van der Waals surface area contributed by atoms with E-state index in [2.05, 4.69) is 15.4 Å². The Bertz CT molecular complexity index is 526. The van der Waals surface area contributed by atoms with Gasteiger partial charge in [-0.2, -0.15) is 5.10 Å². The van der Waals surface area contributed by atoms with E-state index < -0.39 is 11.6 Å². The van der Waals surface area contributed by atoms with Gasteiger partial charge in [0.15, 0.2) is 23.3 Å². The van der Waals surface area contributed by atoms with Crippen LogP contribution in [0.4, 0.5) is 14.6 Å². The van der Waals surface area contributed by atoms with Crippen LogP contribution in [0.5, 0.6) is 0 Å². The summed E-state index contributed by atoms with van der Waals surface area (Å²) in [4.78, 5) is 3.75. The van der Waals surface area contributed by atoms with Crippen molar-refractivity contribution in [1.82, 2.24) is 14.8 Å². The second-order valence-electron chi connectivity index (χ2n) is 2.98. The summed E-state index contributed by atoms with van der Waals surface area (Å²) in [7, 11) is 1.49. The van der Waals surface area contributed by atoms with Crippen LogP contribution in [0.1, 0.15) is 0 Å². The Hall–Kier alpha value is -1.69. The Kier molecular flexibility index (Phi) is 2.74. The van der Waals surface area contributed by atoms with Gasteiger partial charge in [0.05, 0.1) is 17.4 Å². The van der Waals surface area contributed by atoms with Crippen molar-refractivity contribution in [3.05, 3.63) is 35.1 Å². The quantitative estimate of drug-likeness (QED) is 0.881. The first-order chi connectivity index (χ1) is 7.61. The van der Waals surface area contributed by atoms with Crippen LogP contribution in [-0.4, -0.2) is 21.8 Å². The highest BCUT2D eigenvalue weighted by Gasteiger charge is 2.13. The molecule has 0 saturated carbocycles. The zero-order chi connectivity index (χ0) is 11.7. The van der Waals surface area contributed by atoms with Gasteiger partial charge in [-0.3, -0.25) is 0 Å². The van der Waals surface area contributed by atoms with Crippen LogP contribution < -0.4 is 5.32 Å². The fourth-order valence-electron chi connectivity index (χ4n) is 1.21. The molecule has 0 fully saturated rings. The molecule has 0 amide bonds. The highest BCUT2D eigenvalue weighted by molar-refractivity contribution is 6.30. The first-order valence-electron chi connectivity index (χ1n) is 4.36. The molecule has 2 aromatic rings. The SMILES string of the molecule is CNc1nc(-n2cc(Cl)cn2)c(F)cc1F. The summed E-state index contributed by atoms with van der Waals surface area (Å²) < 4.78 is 27.7. The monoisotopic (exact) mass is 244 g/mol. The molecule has 1 N–H and O–H groups in total. The molecule has 0 unspecified atom stereocenters. The number of nitrogens with one attached hydrogen (secondary N) is 1. The van der Waals surface area contributed by atoms with Gasteiger partial charge in [0.25, 0.3) is 0 Å². The second kappa shape index (κ2) is 4.05. The van der Waals surface area contributed by atoms with E-state index in [-0.39, 0.29) is 11.6 Å². The maximum Gasteiger partial charge on any atom is 0.191 e. The fourth-order valence-corrected chi connectivity index (χ4v) is 1.35. The summed E-state index contributed by atoms with van der Waals surface area (Å²) in [5, 5.41) is 6.64. The van der Waals surface area contributed by atoms with Crippen LogP contribution in [0.3, 0.4) is 0 Å². The molecule has 0 spiro atoms. The van der Waals surface area contributed by atoms with Gasteiger partial charge in [0.2, 0.25) is 0 Å². The number of aromatic nitrogens is 3. The van der Waals surface area contributed by atoms with Crippen molar-refractivity contribution in [1.29, 1.82) is 0 Å². The molecular formula is C9H7ClF2N4. The first-order valence-corrected chi connectivity index (χ1v) is 4.74. The molecule has 0 radical (unpaired) electrons. The topological polar surface area (TPSA) is 42.7 Å². The van der Waals surface area contributed by atoms with E-state index in [1.165, 1.54) is 19.4 Å². The third kappa shape index (κ3) is 1.83. The van der Waals surface area contributed by atoms with E-state index in [9.17, 15) is 8.78 Å². The average Bonchev–Trinajstić information content (AvgIpc) is 2.65. The first kappa shape index (κ1) is 10.8. The molecule has 0 aliphatic carbocycles. The molecule has 0 saturated heterocycles. The smallest absolute Gasteiger partial charge is 0.191 e. The summed E-state index contributed by atoms with van der Waals surface area (Å²) in [6.45, 7) is 0. The molecular weight excluding hydrogens is 238 g/mol. The van der Waals surface area contributed by atoms with Gasteiger partial charge in [0, 0.05) is 13.1 Å². The van der Waals surface area contributed by atoms with Crippen molar-refractivity contribution >= 4 is 17.4 Å². The molecule has 2 heterocycles. The van der Waals surface area contributed by atoms with Crippen LogP contribution in [0.25, 0.3) is 5.82 Å². The van der Waals surface area contributed by atoms with Gasteiger partial charge >= 0.3 is 0 Å². The lowest BCUT2D eigenvalue weighted by atomic mass is 10.4. The van der Waals surface area contributed by atoms with Crippen LogP contribution in [-0.2, 0) is 0 Å². The molecule has 2 aromatic heterocycles. The van der Waals surface area contributed by atoms with Crippen LogP contribution >= 0.6 is 11.6 Å². The number of hydrogen-bond acceptors (Lipinski definition) is 3. The fraction of sp³-hybridized carbons (Fsp3) is 0.111. The Morgan fingerprint density at radius 1 is 1.38 bits per heavy atom. The van der Waals surface area contributed by atoms with Crippen molar-refractivity contribution in [3.63, 3.8) is 0 Å². The van der Waals surface area contributed by atoms with Gasteiger partial charge in [0.1, 0.15) is 0 Å². The minimum absolute atomic E-state index is 0.0528. The number of halogens is 3. The molecule has 0 aromatic carbocycles. The molecule has 0 atom stereocenters. The molecule has 0 bridgehead atoms. The van der Waals surface area contributed by atoms with Crippen molar-refractivity contribution in [2.75, 3.05) is 12.4 Å². The van der Waals surface area contributed by atoms with Gasteiger partial charge in [-0.25, -0.2) is 18.4 Å². The highest BCUT2D eigenvalue weighted by Crippen LogP contribution is 2.18. The van der Waals surface area contributed by atoms with E-state index in [0.29, 0.717) is 5.02 Å². The third-order valence-corrected chi connectivity index (χ3v) is 2.11. The third-order valence-electron chi connectivity index (χ3n) is 1.92. The van der Waals surface area contributed by atoms with Crippen molar-refractivity contribution < 1.29 is 8.78 Å². The van der Waals surface area contributed by atoms with E-state index in [4.69, 9.17) is 11.6 Å². The predicted molar refractivity (Wildman–Crippen MR) is 55.8 cm³/mol. The van der Waals surface area contributed by atoms with Crippen LogP contribution in [0.2, 0.25) is 5.02 Å². The lowest BCUT2D eigenvalue weighted by molar-refractivity contribution is 0.563. The Labute approximate surface area is 94.9 Å². The lowest BCUT2D eigenvalue weighted by Crippen LogP contribution is -2.06. The largest absolute Gasteiger partial charge is 0.371 e. The summed E-state index contributed by atoms with van der Waals surface area (Å²) in [5.74, 6) is -1.74. The van der Waals surface area contributed by atoms with Crippen molar-refractivity contribution in [2.24, 2.45) is 0 Å². The summed E-state index contributed by atoms with van der Waals surface area (Å²) in [6.07, 6.45) is 2.72. The van der Waals surface area contributed by atoms with Crippen LogP contribution in [0, 0.1) is 11.6 Å². The maximum absolute atomic E-state index is 13.4. The highest BCUT2D eigenvalue weighted by atomic mass is 35.5. The summed E-state index contributed by atoms with van der Waals surface area (Å²) in [5.41, 5.74) is 0. The number of hydrogen-bond donors (Lipinski definition) is 1. The number of anilines is 1. The molecule has 84 valence electrons. The Morgan fingerprint density at radius 2 is 2.12 bits per heavy atom. The number of pyridine rings is 1. The Balaban J connectivity index is 2.56. The minimum Gasteiger partial charge on any atom is -0.371 e. The maximum atomic E-state index is 13.4. The number of rotatable bonds is 2. The van der Waals surface area contributed by atoms with Gasteiger partial charge < -0.3 is 5.32 Å². The minimum atomic E-state index is -0.809. The lowest BCUT2D eigenvalue weighted by Gasteiger charge is -2.06. The zero-order valence-corrected chi connectivity index (χ0v) is 8.96. The molecule has 16 heavy (non-hydrogen) atoms. The summed E-state index contributed by atoms with van der Waals surface area (Å²) in [6, 6.07) is 0.740. The molecule has 7 heteroatoms. The normalized spacial score (nSPS) is 10.5. The van der Waals surface area contributed by atoms with Crippen LogP contribution in [0.15, 0.2) is 18.5 Å². The van der Waals surface area contributed by atoms with E-state index in [0.717, 1.165) is 10.7 Å². The standard InChI is InChI=1S/C9H7ClF2N4/c1-13-8-6(11)2-7(12)9(15-8)16-4-5(10)3-14-16/h2-4H,1H3,(H,13,15).